The van der Waals surface area contributed by atoms with Crippen molar-refractivity contribution in [3.63, 3.8) is 0 Å². The van der Waals surface area contributed by atoms with E-state index in [0.29, 0.717) is 39.4 Å². The normalized spacial score (nSPS) is 14.0. The number of hydrogen-bond acceptors (Lipinski definition) is 5. The molecule has 1 heterocycles. The van der Waals surface area contributed by atoms with Crippen molar-refractivity contribution in [2.45, 2.75) is 25.2 Å². The van der Waals surface area contributed by atoms with Gasteiger partial charge in [0.2, 0.25) is 5.75 Å². The molecule has 246 valence electrons. The fourth-order valence-corrected chi connectivity index (χ4v) is 6.69. The molecule has 1 unspecified atom stereocenters. The topological polar surface area (TPSA) is 51.2 Å². The molecule has 4 aromatic rings. The molecule has 1 amide bonds. The van der Waals surface area contributed by atoms with Crippen LogP contribution in [-0.2, 0) is 0 Å². The first-order valence-electron chi connectivity index (χ1n) is 15.9. The summed E-state index contributed by atoms with van der Waals surface area (Å²) < 4.78 is 16.4. The second-order valence-corrected chi connectivity index (χ2v) is 12.6. The Kier molecular flexibility index (Phi) is 11.9. The highest BCUT2D eigenvalue weighted by molar-refractivity contribution is 6.42. The van der Waals surface area contributed by atoms with E-state index in [4.69, 9.17) is 37.4 Å². The summed E-state index contributed by atoms with van der Waals surface area (Å²) in [6.07, 6.45) is 2.88. The van der Waals surface area contributed by atoms with Gasteiger partial charge >= 0.3 is 0 Å². The van der Waals surface area contributed by atoms with E-state index in [9.17, 15) is 4.79 Å². The van der Waals surface area contributed by atoms with Crippen LogP contribution in [0.1, 0.15) is 52.2 Å². The lowest BCUT2D eigenvalue weighted by Gasteiger charge is -2.32. The summed E-state index contributed by atoms with van der Waals surface area (Å²) >= 11 is 12.8. The average Bonchev–Trinajstić information content (AvgIpc) is 3.11. The Hall–Kier alpha value is -3.97. The first-order chi connectivity index (χ1) is 22.8. The maximum atomic E-state index is 13.7. The number of piperidine rings is 1. The van der Waals surface area contributed by atoms with Gasteiger partial charge in [-0.25, -0.2) is 0 Å². The third-order valence-corrected chi connectivity index (χ3v) is 9.64. The van der Waals surface area contributed by atoms with Crippen LogP contribution in [0.2, 0.25) is 10.0 Å². The molecule has 1 saturated heterocycles. The lowest BCUT2D eigenvalue weighted by Crippen LogP contribution is -2.35. The zero-order valence-electron chi connectivity index (χ0n) is 27.5. The standard InChI is InChI=1S/C39H42Cl2N2O4/c1-42(39(44)32-24-35(45-2)38(47-4)36(25-32)46-3)26-31(30-15-16-33(40)34(41)23-30)19-22-43-20-17-29(18-21-43)37(27-11-7-5-8-12-27)28-13-9-6-10-14-28/h5-16,23-25,31H,17-22,26H2,1-4H3. The number of methoxy groups -OCH3 is 3. The Bertz CT molecular complexity index is 1620. The zero-order chi connectivity index (χ0) is 33.3. The molecule has 1 atom stereocenters. The molecule has 1 aliphatic rings. The highest BCUT2D eigenvalue weighted by Gasteiger charge is 2.25. The molecule has 5 rings (SSSR count). The molecule has 0 saturated carbocycles. The minimum absolute atomic E-state index is 0.0434. The molecule has 6 nitrogen and oxygen atoms in total. The summed E-state index contributed by atoms with van der Waals surface area (Å²) in [5.74, 6) is 1.22. The van der Waals surface area contributed by atoms with Gasteiger partial charge < -0.3 is 24.0 Å². The summed E-state index contributed by atoms with van der Waals surface area (Å²) in [7, 11) is 6.45. The Morgan fingerprint density at radius 3 is 1.85 bits per heavy atom. The molecule has 0 N–H and O–H groups in total. The second kappa shape index (κ2) is 16.2. The van der Waals surface area contributed by atoms with Crippen LogP contribution < -0.4 is 14.2 Å². The van der Waals surface area contributed by atoms with Crippen molar-refractivity contribution in [3.8, 4) is 17.2 Å². The lowest BCUT2D eigenvalue weighted by molar-refractivity contribution is 0.0781. The quantitative estimate of drug-likeness (QED) is 0.150. The van der Waals surface area contributed by atoms with Gasteiger partial charge in [-0.2, -0.15) is 0 Å². The van der Waals surface area contributed by atoms with E-state index in [1.165, 1.54) is 22.3 Å². The predicted octanol–water partition coefficient (Wildman–Crippen LogP) is 8.86. The minimum atomic E-state index is -0.142. The molecule has 47 heavy (non-hydrogen) atoms. The van der Waals surface area contributed by atoms with Gasteiger partial charge in [0.05, 0.1) is 31.4 Å². The van der Waals surface area contributed by atoms with Crippen LogP contribution in [0.5, 0.6) is 17.2 Å². The fourth-order valence-electron chi connectivity index (χ4n) is 6.39. The highest BCUT2D eigenvalue weighted by Crippen LogP contribution is 2.39. The van der Waals surface area contributed by atoms with Crippen LogP contribution in [0.15, 0.2) is 96.6 Å². The molecule has 0 aliphatic carbocycles. The van der Waals surface area contributed by atoms with Crippen molar-refractivity contribution in [1.29, 1.82) is 0 Å². The molecular weight excluding hydrogens is 631 g/mol. The van der Waals surface area contributed by atoms with Crippen molar-refractivity contribution >= 4 is 34.7 Å². The van der Waals surface area contributed by atoms with Gasteiger partial charge in [-0.1, -0.05) is 95.5 Å². The third-order valence-electron chi connectivity index (χ3n) is 8.90. The minimum Gasteiger partial charge on any atom is -0.493 e. The second-order valence-electron chi connectivity index (χ2n) is 11.8. The van der Waals surface area contributed by atoms with Gasteiger partial charge in [-0.15, -0.1) is 0 Å². The average molecular weight is 674 g/mol. The summed E-state index contributed by atoms with van der Waals surface area (Å²) in [6, 6.07) is 30.6. The van der Waals surface area contributed by atoms with Crippen molar-refractivity contribution < 1.29 is 19.0 Å². The van der Waals surface area contributed by atoms with Crippen LogP contribution in [0.25, 0.3) is 5.57 Å². The number of rotatable bonds is 12. The number of benzene rings is 4. The zero-order valence-corrected chi connectivity index (χ0v) is 29.0. The molecule has 0 bridgehead atoms. The van der Waals surface area contributed by atoms with E-state index < -0.39 is 0 Å². The molecule has 0 spiro atoms. The van der Waals surface area contributed by atoms with E-state index >= 15 is 0 Å². The maximum absolute atomic E-state index is 13.7. The Labute approximate surface area is 288 Å². The lowest BCUT2D eigenvalue weighted by atomic mass is 9.88. The molecule has 1 aliphatic heterocycles. The van der Waals surface area contributed by atoms with Gasteiger partial charge in [0.1, 0.15) is 0 Å². The van der Waals surface area contributed by atoms with Gasteiger partial charge in [0.15, 0.2) is 11.5 Å². The van der Waals surface area contributed by atoms with Crippen LogP contribution >= 0.6 is 23.2 Å². The monoisotopic (exact) mass is 672 g/mol. The van der Waals surface area contributed by atoms with E-state index in [0.717, 1.165) is 44.5 Å². The van der Waals surface area contributed by atoms with E-state index in [2.05, 4.69) is 65.6 Å². The fraction of sp³-hybridized carbons (Fsp3) is 0.308. The first-order valence-corrected chi connectivity index (χ1v) is 16.6. The van der Waals surface area contributed by atoms with Crippen LogP contribution in [0.4, 0.5) is 0 Å². The van der Waals surface area contributed by atoms with Crippen molar-refractivity contribution in [1.82, 2.24) is 9.80 Å². The van der Waals surface area contributed by atoms with Gasteiger partial charge in [-0.05, 0) is 72.3 Å². The molecular formula is C39H42Cl2N2O4. The number of halogens is 2. The van der Waals surface area contributed by atoms with Crippen LogP contribution in [-0.4, -0.2) is 70.3 Å². The largest absolute Gasteiger partial charge is 0.493 e. The van der Waals surface area contributed by atoms with Gasteiger partial charge in [-0.3, -0.25) is 4.79 Å². The number of amides is 1. The summed E-state index contributed by atoms with van der Waals surface area (Å²) in [6.45, 7) is 3.36. The molecule has 0 radical (unpaired) electrons. The molecule has 0 aromatic heterocycles. The number of hydrogen-bond donors (Lipinski definition) is 0. The van der Waals surface area contributed by atoms with Crippen molar-refractivity contribution in [2.75, 3.05) is 54.6 Å². The maximum Gasteiger partial charge on any atom is 0.253 e. The Morgan fingerprint density at radius 1 is 0.766 bits per heavy atom. The highest BCUT2D eigenvalue weighted by atomic mass is 35.5. The molecule has 8 heteroatoms. The third kappa shape index (κ3) is 8.31. The van der Waals surface area contributed by atoms with Crippen LogP contribution in [0.3, 0.4) is 0 Å². The van der Waals surface area contributed by atoms with E-state index in [-0.39, 0.29) is 11.8 Å². The van der Waals surface area contributed by atoms with E-state index in [1.807, 2.05) is 25.2 Å². The number of ether oxygens (including phenoxy) is 3. The summed E-state index contributed by atoms with van der Waals surface area (Å²) in [4.78, 5) is 18.0. The summed E-state index contributed by atoms with van der Waals surface area (Å²) in [5.41, 5.74) is 6.89. The van der Waals surface area contributed by atoms with Gasteiger partial charge in [0.25, 0.3) is 5.91 Å². The number of likely N-dealkylation sites (N-methyl/N-ethyl adjacent to an activating group) is 1. The van der Waals surface area contributed by atoms with Crippen molar-refractivity contribution in [2.24, 2.45) is 0 Å². The van der Waals surface area contributed by atoms with Gasteiger partial charge in [0, 0.05) is 38.2 Å². The van der Waals surface area contributed by atoms with E-state index in [1.54, 1.807) is 38.4 Å². The van der Waals surface area contributed by atoms with Crippen molar-refractivity contribution in [3.05, 3.63) is 129 Å². The SMILES string of the molecule is COc1cc(C(=O)N(C)CC(CCN2CCC(=C(c3ccccc3)c3ccccc3)CC2)c2ccc(Cl)c(Cl)c2)cc(OC)c1OC. The number of nitrogens with zero attached hydrogens (tertiary/aromatic N) is 2. The van der Waals surface area contributed by atoms with Crippen LogP contribution in [0, 0.1) is 0 Å². The Morgan fingerprint density at radius 2 is 1.34 bits per heavy atom. The number of carbonyl (C=O) groups excluding carboxylic acids is 1. The summed E-state index contributed by atoms with van der Waals surface area (Å²) in [5, 5.41) is 1.02. The first kappa shape index (κ1) is 34.4. The molecule has 1 fully saturated rings. The smallest absolute Gasteiger partial charge is 0.253 e. The number of carbonyl (C=O) groups is 1. The predicted molar refractivity (Wildman–Crippen MR) is 191 cm³/mol. The Balaban J connectivity index is 1.32. The number of likely N-dealkylation sites (tertiary alicyclic amines) is 1. The molecule has 4 aromatic carbocycles.